The van der Waals surface area contributed by atoms with E-state index in [1.54, 1.807) is 23.2 Å². The Hall–Kier alpha value is -2.40. The monoisotopic (exact) mass is 466 g/mol. The second-order valence-electron chi connectivity index (χ2n) is 7.95. The average molecular weight is 467 g/mol. The minimum atomic E-state index is -2.56. The van der Waals surface area contributed by atoms with Gasteiger partial charge in [-0.3, -0.25) is 14.7 Å². The van der Waals surface area contributed by atoms with Gasteiger partial charge in [0.1, 0.15) is 18.3 Å². The number of piperazine rings is 1. The third kappa shape index (κ3) is 4.15. The lowest BCUT2D eigenvalue weighted by molar-refractivity contribution is -0.0784. The van der Waals surface area contributed by atoms with E-state index in [1.807, 2.05) is 0 Å². The van der Waals surface area contributed by atoms with Crippen molar-refractivity contribution in [3.8, 4) is 5.69 Å². The first-order chi connectivity index (χ1) is 15.5. The highest BCUT2D eigenvalue weighted by molar-refractivity contribution is 6.30. The number of anilines is 1. The van der Waals surface area contributed by atoms with Crippen molar-refractivity contribution in [1.29, 1.82) is 0 Å². The summed E-state index contributed by atoms with van der Waals surface area (Å²) < 4.78 is 47.5. The zero-order valence-electron chi connectivity index (χ0n) is 17.1. The smallest absolute Gasteiger partial charge is 0.263 e. The van der Waals surface area contributed by atoms with E-state index in [-0.39, 0.29) is 10.6 Å². The van der Waals surface area contributed by atoms with Gasteiger partial charge in [-0.05, 0) is 24.3 Å². The van der Waals surface area contributed by atoms with Crippen molar-refractivity contribution < 1.29 is 17.9 Å². The number of ether oxygens (including phenoxy) is 1. The number of halogens is 4. The molecule has 3 aliphatic rings. The molecule has 2 aromatic rings. The molecule has 4 heterocycles. The molecule has 0 saturated carbocycles. The molecular formula is C21H22ClF3N6O. The molecule has 0 bridgehead atoms. The number of hydrogen-bond donors (Lipinski definition) is 0. The first kappa shape index (κ1) is 21.4. The molecule has 11 heteroatoms. The maximum atomic E-state index is 13.9. The number of benzene rings is 1. The molecule has 5 rings (SSSR count). The van der Waals surface area contributed by atoms with Gasteiger partial charge in [0.2, 0.25) is 0 Å². The zero-order chi connectivity index (χ0) is 22.2. The predicted octanol–water partition coefficient (Wildman–Crippen LogP) is 2.93. The molecular weight excluding hydrogens is 445 g/mol. The first-order valence-electron chi connectivity index (χ1n) is 10.4. The topological polar surface area (TPSA) is 49.7 Å². The molecule has 32 heavy (non-hydrogen) atoms. The van der Waals surface area contributed by atoms with Crippen molar-refractivity contribution in [1.82, 2.24) is 24.6 Å². The number of alkyl halides is 2. The van der Waals surface area contributed by atoms with E-state index in [0.717, 1.165) is 39.4 Å². The van der Waals surface area contributed by atoms with Gasteiger partial charge < -0.3 is 4.74 Å². The van der Waals surface area contributed by atoms with Crippen LogP contribution in [0.4, 0.5) is 19.1 Å². The summed E-state index contributed by atoms with van der Waals surface area (Å²) in [5.74, 6) is -0.225. The summed E-state index contributed by atoms with van der Waals surface area (Å²) in [6, 6.07) is 4.79. The molecule has 0 amide bonds. The highest BCUT2D eigenvalue weighted by atomic mass is 35.5. The molecule has 0 spiro atoms. The van der Waals surface area contributed by atoms with Crippen molar-refractivity contribution in [3.63, 3.8) is 0 Å². The Balaban J connectivity index is 1.37. The van der Waals surface area contributed by atoms with E-state index in [1.165, 1.54) is 29.2 Å². The standard InChI is InChI=1S/C21H22ClF3N6O/c22-17-2-1-15(10-18(17)23)31-13-26-21(27-31)30-4-3-14(20(24)25)9-19(30)29-7-5-28(6-8-29)16-11-32-12-16/h1-4,9-10,13,16,19-20H,5-8,11-12H2. The summed E-state index contributed by atoms with van der Waals surface area (Å²) >= 11 is 5.76. The predicted molar refractivity (Wildman–Crippen MR) is 114 cm³/mol. The summed E-state index contributed by atoms with van der Waals surface area (Å²) in [7, 11) is 0. The van der Waals surface area contributed by atoms with Crippen LogP contribution in [0, 0.1) is 5.82 Å². The maximum Gasteiger partial charge on any atom is 0.263 e. The number of rotatable bonds is 5. The largest absolute Gasteiger partial charge is 0.378 e. The van der Waals surface area contributed by atoms with Crippen molar-refractivity contribution >= 4 is 17.5 Å². The minimum Gasteiger partial charge on any atom is -0.378 e. The fourth-order valence-electron chi connectivity index (χ4n) is 4.10. The number of hydrogen-bond acceptors (Lipinski definition) is 6. The lowest BCUT2D eigenvalue weighted by atomic mass is 10.1. The first-order valence-corrected chi connectivity index (χ1v) is 10.8. The number of nitrogens with zero attached hydrogens (tertiary/aromatic N) is 6. The summed E-state index contributed by atoms with van der Waals surface area (Å²) in [5, 5.41) is 4.47. The number of allylic oxidation sites excluding steroid dienone is 2. The summed E-state index contributed by atoms with van der Waals surface area (Å²) in [4.78, 5) is 10.6. The van der Waals surface area contributed by atoms with Crippen LogP contribution in [0.25, 0.3) is 5.69 Å². The Bertz CT molecular complexity index is 1030. The van der Waals surface area contributed by atoms with Crippen LogP contribution in [-0.2, 0) is 4.74 Å². The van der Waals surface area contributed by atoms with Gasteiger partial charge >= 0.3 is 0 Å². The van der Waals surface area contributed by atoms with E-state index in [2.05, 4.69) is 19.9 Å². The van der Waals surface area contributed by atoms with Crippen LogP contribution >= 0.6 is 11.6 Å². The molecule has 0 aliphatic carbocycles. The van der Waals surface area contributed by atoms with E-state index < -0.39 is 18.4 Å². The Morgan fingerprint density at radius 1 is 1.09 bits per heavy atom. The normalized spacial score (nSPS) is 23.0. The molecule has 2 saturated heterocycles. The minimum absolute atomic E-state index is 0.0189. The molecule has 1 unspecified atom stereocenters. The molecule has 0 radical (unpaired) electrons. The second kappa shape index (κ2) is 8.86. The van der Waals surface area contributed by atoms with Crippen LogP contribution in [-0.4, -0.2) is 82.6 Å². The van der Waals surface area contributed by atoms with E-state index in [4.69, 9.17) is 16.3 Å². The lowest BCUT2D eigenvalue weighted by Crippen LogP contribution is -2.60. The zero-order valence-corrected chi connectivity index (χ0v) is 17.9. The van der Waals surface area contributed by atoms with Crippen molar-refractivity contribution in [2.45, 2.75) is 18.6 Å². The van der Waals surface area contributed by atoms with Gasteiger partial charge in [-0.1, -0.05) is 11.6 Å². The van der Waals surface area contributed by atoms with Crippen molar-refractivity contribution in [3.05, 3.63) is 59.3 Å². The highest BCUT2D eigenvalue weighted by Gasteiger charge is 2.34. The fourth-order valence-corrected chi connectivity index (χ4v) is 4.22. The molecule has 0 N–H and O–H groups in total. The van der Waals surface area contributed by atoms with Gasteiger partial charge in [-0.2, -0.15) is 4.98 Å². The third-order valence-electron chi connectivity index (χ3n) is 6.04. The second-order valence-corrected chi connectivity index (χ2v) is 8.36. The molecule has 2 fully saturated rings. The summed E-state index contributed by atoms with van der Waals surface area (Å²) in [6.07, 6.45) is 2.99. The van der Waals surface area contributed by atoms with Gasteiger partial charge in [0.05, 0.1) is 30.0 Å². The van der Waals surface area contributed by atoms with E-state index >= 15 is 0 Å². The van der Waals surface area contributed by atoms with Crippen molar-refractivity contribution in [2.24, 2.45) is 0 Å². The van der Waals surface area contributed by atoms with Gasteiger partial charge in [-0.25, -0.2) is 17.9 Å². The van der Waals surface area contributed by atoms with Crippen molar-refractivity contribution in [2.75, 3.05) is 44.3 Å². The van der Waals surface area contributed by atoms with Crippen LogP contribution in [0.15, 0.2) is 48.5 Å². The Labute approximate surface area is 188 Å². The molecule has 1 aromatic carbocycles. The highest BCUT2D eigenvalue weighted by Crippen LogP contribution is 2.27. The molecule has 7 nitrogen and oxygen atoms in total. The lowest BCUT2D eigenvalue weighted by Gasteiger charge is -2.46. The van der Waals surface area contributed by atoms with Crippen LogP contribution in [0.3, 0.4) is 0 Å². The summed E-state index contributed by atoms with van der Waals surface area (Å²) in [6.45, 7) is 4.63. The maximum absolute atomic E-state index is 13.9. The average Bonchev–Trinajstić information content (AvgIpc) is 3.25. The quantitative estimate of drug-likeness (QED) is 0.675. The fraction of sp³-hybridized carbons (Fsp3) is 0.429. The molecule has 1 atom stereocenters. The van der Waals surface area contributed by atoms with Gasteiger partial charge in [0.15, 0.2) is 0 Å². The third-order valence-corrected chi connectivity index (χ3v) is 6.35. The van der Waals surface area contributed by atoms with Crippen LogP contribution < -0.4 is 4.90 Å². The van der Waals surface area contributed by atoms with Gasteiger partial charge in [0, 0.05) is 44.0 Å². The van der Waals surface area contributed by atoms with E-state index in [9.17, 15) is 13.2 Å². The number of aromatic nitrogens is 3. The Morgan fingerprint density at radius 2 is 1.84 bits per heavy atom. The Morgan fingerprint density at radius 3 is 2.50 bits per heavy atom. The molecule has 3 aliphatic heterocycles. The van der Waals surface area contributed by atoms with Gasteiger partial charge in [-0.15, -0.1) is 5.10 Å². The van der Waals surface area contributed by atoms with Gasteiger partial charge in [0.25, 0.3) is 12.4 Å². The molecule has 170 valence electrons. The molecule has 1 aromatic heterocycles. The van der Waals surface area contributed by atoms with Crippen LogP contribution in [0.5, 0.6) is 0 Å². The van der Waals surface area contributed by atoms with Crippen LogP contribution in [0.1, 0.15) is 0 Å². The summed E-state index contributed by atoms with van der Waals surface area (Å²) in [5.41, 5.74) is 0.434. The van der Waals surface area contributed by atoms with Crippen LogP contribution in [0.2, 0.25) is 5.02 Å². The SMILES string of the molecule is Fc1cc(-n2cnc(N3C=CC(C(F)F)=CC3N3CCN(C4COC4)CC3)n2)ccc1Cl. The van der Waals surface area contributed by atoms with E-state index in [0.29, 0.717) is 17.7 Å². The Kier molecular flexibility index (Phi) is 5.93.